The molecule has 0 spiro atoms. The number of hydrogen-bond acceptors (Lipinski definition) is 3. The van der Waals surface area contributed by atoms with E-state index in [1.54, 1.807) is 0 Å². The summed E-state index contributed by atoms with van der Waals surface area (Å²) < 4.78 is 2.15. The van der Waals surface area contributed by atoms with Gasteiger partial charge in [0.05, 0.1) is 0 Å². The van der Waals surface area contributed by atoms with E-state index in [0.29, 0.717) is 0 Å². The van der Waals surface area contributed by atoms with Gasteiger partial charge in [-0.25, -0.2) is 0 Å². The van der Waals surface area contributed by atoms with Gasteiger partial charge < -0.3 is 20.1 Å². The second-order valence-electron chi connectivity index (χ2n) is 7.30. The SMILES string of the molecule is CCN1CCN(Cc2ccc(CNC(=NC)NCCn3cccc3)cc2)CC1. The van der Waals surface area contributed by atoms with Crippen molar-refractivity contribution in [1.82, 2.24) is 25.0 Å². The van der Waals surface area contributed by atoms with E-state index < -0.39 is 0 Å². The van der Waals surface area contributed by atoms with Crippen molar-refractivity contribution < 1.29 is 0 Å². The summed E-state index contributed by atoms with van der Waals surface area (Å²) in [5.41, 5.74) is 2.66. The second kappa shape index (κ2) is 10.9. The fourth-order valence-corrected chi connectivity index (χ4v) is 3.51. The van der Waals surface area contributed by atoms with Gasteiger partial charge in [-0.05, 0) is 29.8 Å². The summed E-state index contributed by atoms with van der Waals surface area (Å²) in [6.07, 6.45) is 4.15. The molecular weight excluding hydrogens is 348 g/mol. The van der Waals surface area contributed by atoms with Gasteiger partial charge in [0.2, 0.25) is 0 Å². The van der Waals surface area contributed by atoms with Crippen molar-refractivity contribution in [3.8, 4) is 0 Å². The number of guanidine groups is 1. The van der Waals surface area contributed by atoms with Crippen LogP contribution in [0, 0.1) is 0 Å². The summed E-state index contributed by atoms with van der Waals surface area (Å²) in [5.74, 6) is 0.838. The van der Waals surface area contributed by atoms with Gasteiger partial charge in [0.15, 0.2) is 5.96 Å². The lowest BCUT2D eigenvalue weighted by atomic mass is 10.1. The maximum Gasteiger partial charge on any atom is 0.191 e. The van der Waals surface area contributed by atoms with Gasteiger partial charge in [-0.2, -0.15) is 0 Å². The Morgan fingerprint density at radius 3 is 2.21 bits per heavy atom. The van der Waals surface area contributed by atoms with Crippen LogP contribution in [0.3, 0.4) is 0 Å². The van der Waals surface area contributed by atoms with E-state index in [-0.39, 0.29) is 0 Å². The van der Waals surface area contributed by atoms with E-state index in [1.165, 1.54) is 43.9 Å². The lowest BCUT2D eigenvalue weighted by Crippen LogP contribution is -2.45. The first kappa shape index (κ1) is 20.4. The van der Waals surface area contributed by atoms with Gasteiger partial charge >= 0.3 is 0 Å². The average Bonchev–Trinajstić information content (AvgIpc) is 3.26. The van der Waals surface area contributed by atoms with Gasteiger partial charge in [-0.15, -0.1) is 0 Å². The van der Waals surface area contributed by atoms with Crippen LogP contribution in [0.15, 0.2) is 53.8 Å². The molecule has 1 aliphatic rings. The number of hydrogen-bond donors (Lipinski definition) is 2. The summed E-state index contributed by atoms with van der Waals surface area (Å²) in [7, 11) is 1.81. The summed E-state index contributed by atoms with van der Waals surface area (Å²) in [6.45, 7) is 11.7. The molecule has 28 heavy (non-hydrogen) atoms. The Hall–Kier alpha value is -2.31. The fourth-order valence-electron chi connectivity index (χ4n) is 3.51. The van der Waals surface area contributed by atoms with Crippen molar-refractivity contribution in [3.63, 3.8) is 0 Å². The molecule has 0 unspecified atom stereocenters. The zero-order valence-electron chi connectivity index (χ0n) is 17.3. The fraction of sp³-hybridized carbons (Fsp3) is 0.500. The number of nitrogens with zero attached hydrogens (tertiary/aromatic N) is 4. The number of piperazine rings is 1. The number of likely N-dealkylation sites (N-methyl/N-ethyl adjacent to an activating group) is 1. The van der Waals surface area contributed by atoms with Crippen LogP contribution in [0.1, 0.15) is 18.1 Å². The van der Waals surface area contributed by atoms with Crippen molar-refractivity contribution in [1.29, 1.82) is 0 Å². The Labute approximate surface area is 169 Å². The topological polar surface area (TPSA) is 47.8 Å². The molecule has 0 radical (unpaired) electrons. The first-order valence-corrected chi connectivity index (χ1v) is 10.3. The smallest absolute Gasteiger partial charge is 0.191 e. The van der Waals surface area contributed by atoms with Gasteiger partial charge in [0, 0.05) is 71.8 Å². The Balaban J connectivity index is 1.38. The lowest BCUT2D eigenvalue weighted by molar-refractivity contribution is 0.132. The third-order valence-corrected chi connectivity index (χ3v) is 5.35. The highest BCUT2D eigenvalue weighted by molar-refractivity contribution is 5.79. The van der Waals surface area contributed by atoms with Gasteiger partial charge in [0.25, 0.3) is 0 Å². The van der Waals surface area contributed by atoms with Crippen LogP contribution in [0.25, 0.3) is 0 Å². The predicted molar refractivity (Wildman–Crippen MR) is 116 cm³/mol. The van der Waals surface area contributed by atoms with Crippen LogP contribution < -0.4 is 10.6 Å². The molecule has 0 atom stereocenters. The van der Waals surface area contributed by atoms with E-state index in [1.807, 2.05) is 19.2 Å². The molecule has 1 aromatic heterocycles. The van der Waals surface area contributed by atoms with Gasteiger partial charge in [0.1, 0.15) is 0 Å². The Morgan fingerprint density at radius 2 is 1.57 bits per heavy atom. The van der Waals surface area contributed by atoms with Crippen LogP contribution in [-0.4, -0.2) is 66.6 Å². The molecule has 1 aromatic carbocycles. The van der Waals surface area contributed by atoms with Crippen LogP contribution >= 0.6 is 0 Å². The van der Waals surface area contributed by atoms with Crippen LogP contribution in [0.4, 0.5) is 0 Å². The lowest BCUT2D eigenvalue weighted by Gasteiger charge is -2.34. The third kappa shape index (κ3) is 6.39. The van der Waals surface area contributed by atoms with Crippen LogP contribution in [0.2, 0.25) is 0 Å². The first-order valence-electron chi connectivity index (χ1n) is 10.3. The molecule has 0 amide bonds. The molecule has 2 aromatic rings. The van der Waals surface area contributed by atoms with Crippen molar-refractivity contribution in [2.24, 2.45) is 4.99 Å². The summed E-state index contributed by atoms with van der Waals surface area (Å²) in [4.78, 5) is 9.37. The van der Waals surface area contributed by atoms with Gasteiger partial charge in [-0.3, -0.25) is 9.89 Å². The van der Waals surface area contributed by atoms with E-state index in [9.17, 15) is 0 Å². The summed E-state index contributed by atoms with van der Waals surface area (Å²) in [5, 5.41) is 6.75. The highest BCUT2D eigenvalue weighted by atomic mass is 15.3. The van der Waals surface area contributed by atoms with Crippen LogP contribution in [0.5, 0.6) is 0 Å². The molecule has 2 heterocycles. The minimum Gasteiger partial charge on any atom is -0.355 e. The highest BCUT2D eigenvalue weighted by Crippen LogP contribution is 2.10. The Morgan fingerprint density at radius 1 is 0.929 bits per heavy atom. The molecule has 0 aliphatic carbocycles. The molecule has 6 nitrogen and oxygen atoms in total. The first-order chi connectivity index (χ1) is 13.8. The zero-order valence-corrected chi connectivity index (χ0v) is 17.3. The summed E-state index contributed by atoms with van der Waals surface area (Å²) >= 11 is 0. The maximum absolute atomic E-state index is 4.30. The highest BCUT2D eigenvalue weighted by Gasteiger charge is 2.15. The summed E-state index contributed by atoms with van der Waals surface area (Å²) in [6, 6.07) is 13.0. The molecule has 3 rings (SSSR count). The molecule has 2 N–H and O–H groups in total. The number of aromatic nitrogens is 1. The molecule has 6 heteroatoms. The van der Waals surface area contributed by atoms with Crippen molar-refractivity contribution in [2.45, 2.75) is 26.6 Å². The Bertz CT molecular complexity index is 699. The Kier molecular flexibility index (Phi) is 7.94. The minimum absolute atomic E-state index is 0.776. The number of benzene rings is 1. The molecule has 1 fully saturated rings. The standard InChI is InChI=1S/C22H34N6/c1-3-26-14-16-28(17-15-26)19-21-8-6-20(7-9-21)18-25-22(23-2)24-10-13-27-11-4-5-12-27/h4-9,11-12H,3,10,13-19H2,1-2H3,(H2,23,24,25). The molecule has 0 saturated carbocycles. The average molecular weight is 383 g/mol. The van der Waals surface area contributed by atoms with Crippen molar-refractivity contribution in [3.05, 3.63) is 59.9 Å². The molecule has 1 aliphatic heterocycles. The minimum atomic E-state index is 0.776. The zero-order chi connectivity index (χ0) is 19.6. The molecule has 0 bridgehead atoms. The van der Waals surface area contributed by atoms with Gasteiger partial charge in [-0.1, -0.05) is 31.2 Å². The molecular formula is C22H34N6. The van der Waals surface area contributed by atoms with E-state index >= 15 is 0 Å². The number of aliphatic imine (C=N–C) groups is 1. The van der Waals surface area contributed by atoms with E-state index in [0.717, 1.165) is 32.1 Å². The number of nitrogens with one attached hydrogen (secondary N) is 2. The molecule has 1 saturated heterocycles. The van der Waals surface area contributed by atoms with E-state index in [4.69, 9.17) is 0 Å². The van der Waals surface area contributed by atoms with Crippen molar-refractivity contribution in [2.75, 3.05) is 46.3 Å². The number of rotatable bonds is 8. The van der Waals surface area contributed by atoms with Crippen LogP contribution in [-0.2, 0) is 19.6 Å². The monoisotopic (exact) mass is 382 g/mol. The van der Waals surface area contributed by atoms with E-state index in [2.05, 4.69) is 73.6 Å². The largest absolute Gasteiger partial charge is 0.355 e. The maximum atomic E-state index is 4.30. The normalized spacial score (nSPS) is 16.3. The quantitative estimate of drug-likeness (QED) is 0.542. The third-order valence-electron chi connectivity index (χ3n) is 5.35. The second-order valence-corrected chi connectivity index (χ2v) is 7.30. The van der Waals surface area contributed by atoms with Crippen molar-refractivity contribution >= 4 is 5.96 Å². The predicted octanol–water partition coefficient (Wildman–Crippen LogP) is 1.99. The molecule has 152 valence electrons.